The Morgan fingerprint density at radius 2 is 1.59 bits per heavy atom. The largest absolute Gasteiger partial charge is 0.278 e. The van der Waals surface area contributed by atoms with Gasteiger partial charge >= 0.3 is 0 Å². The summed E-state index contributed by atoms with van der Waals surface area (Å²) in [5.41, 5.74) is 6.91. The number of halogens is 1. The SMILES string of the molecule is CC(C)c1cccc(C(C)C)c1N=[Si](Cl)/C=C(/c1ccccn1)[Si](C)(C)C. The van der Waals surface area contributed by atoms with Gasteiger partial charge in [-0.2, -0.15) is 0 Å². The summed E-state index contributed by atoms with van der Waals surface area (Å²) in [4.78, 5) is 4.58. The molecule has 144 valence electrons. The lowest BCUT2D eigenvalue weighted by molar-refractivity contribution is 0.835. The van der Waals surface area contributed by atoms with Crippen molar-refractivity contribution in [1.82, 2.24) is 4.98 Å². The molecule has 1 heterocycles. The molecule has 0 N–H and O–H groups in total. The zero-order valence-corrected chi connectivity index (χ0v) is 20.3. The summed E-state index contributed by atoms with van der Waals surface area (Å²) in [7, 11) is -3.15. The number of pyridine rings is 1. The van der Waals surface area contributed by atoms with Crippen LogP contribution in [0.2, 0.25) is 19.6 Å². The Bertz CT molecular complexity index is 809. The summed E-state index contributed by atoms with van der Waals surface area (Å²) >= 11 is 6.87. The first kappa shape index (κ1) is 21.9. The highest BCUT2D eigenvalue weighted by atomic mass is 35.6. The predicted molar refractivity (Wildman–Crippen MR) is 124 cm³/mol. The molecule has 0 aliphatic rings. The molecular formula is C22H31ClN2Si2. The molecule has 2 aromatic rings. The van der Waals surface area contributed by atoms with E-state index in [2.05, 4.69) is 82.3 Å². The number of hydrogen-bond acceptors (Lipinski definition) is 2. The van der Waals surface area contributed by atoms with E-state index in [0.29, 0.717) is 11.8 Å². The van der Waals surface area contributed by atoms with Crippen molar-refractivity contribution in [2.75, 3.05) is 0 Å². The minimum Gasteiger partial charge on any atom is -0.278 e. The monoisotopic (exact) mass is 414 g/mol. The van der Waals surface area contributed by atoms with Crippen LogP contribution in [0.3, 0.4) is 0 Å². The molecule has 27 heavy (non-hydrogen) atoms. The van der Waals surface area contributed by atoms with Gasteiger partial charge in [0.2, 0.25) is 0 Å². The topological polar surface area (TPSA) is 25.2 Å². The van der Waals surface area contributed by atoms with Crippen molar-refractivity contribution in [3.05, 3.63) is 65.1 Å². The third-order valence-corrected chi connectivity index (χ3v) is 8.42. The van der Waals surface area contributed by atoms with Gasteiger partial charge in [-0.1, -0.05) is 71.6 Å². The van der Waals surface area contributed by atoms with Crippen LogP contribution in [0.25, 0.3) is 5.20 Å². The van der Waals surface area contributed by atoms with E-state index in [9.17, 15) is 0 Å². The number of hydrogen-bond donors (Lipinski definition) is 0. The highest BCUT2D eigenvalue weighted by Gasteiger charge is 2.23. The fraction of sp³-hybridized carbons (Fsp3) is 0.409. The molecule has 0 fully saturated rings. The van der Waals surface area contributed by atoms with E-state index < -0.39 is 16.0 Å². The fourth-order valence-electron chi connectivity index (χ4n) is 3.10. The number of benzene rings is 1. The second-order valence-corrected chi connectivity index (χ2v) is 15.9. The quantitative estimate of drug-likeness (QED) is 0.355. The molecule has 2 nitrogen and oxygen atoms in total. The van der Waals surface area contributed by atoms with Gasteiger partial charge in [-0.15, -0.1) is 11.1 Å². The molecule has 5 heteroatoms. The van der Waals surface area contributed by atoms with Crippen LogP contribution in [0, 0.1) is 0 Å². The summed E-state index contributed by atoms with van der Waals surface area (Å²) in [6, 6.07) is 12.6. The Kier molecular flexibility index (Phi) is 7.49. The molecule has 1 aromatic carbocycles. The molecular weight excluding hydrogens is 384 g/mol. The molecule has 1 aromatic heterocycles. The van der Waals surface area contributed by atoms with Crippen LogP contribution < -0.4 is 0 Å². The molecule has 0 spiro atoms. The van der Waals surface area contributed by atoms with E-state index in [0.717, 1.165) is 11.4 Å². The smallest absolute Gasteiger partial charge is 0.262 e. The zero-order valence-electron chi connectivity index (χ0n) is 17.5. The van der Waals surface area contributed by atoms with Crippen LogP contribution in [-0.2, 0) is 0 Å². The summed E-state index contributed by atoms with van der Waals surface area (Å²) in [6.07, 6.45) is 1.85. The van der Waals surface area contributed by atoms with Gasteiger partial charge in [0.25, 0.3) is 7.90 Å². The minimum atomic E-state index is -1.60. The van der Waals surface area contributed by atoms with Gasteiger partial charge in [0, 0.05) is 6.20 Å². The first-order chi connectivity index (χ1) is 12.6. The average molecular weight is 415 g/mol. The number of nitrogens with zero attached hydrogens (tertiary/aromatic N) is 2. The van der Waals surface area contributed by atoms with Crippen molar-refractivity contribution in [2.24, 2.45) is 4.63 Å². The highest BCUT2D eigenvalue weighted by molar-refractivity contribution is 7.05. The van der Waals surface area contributed by atoms with Crippen molar-refractivity contribution in [1.29, 1.82) is 0 Å². The summed E-state index contributed by atoms with van der Waals surface area (Å²) in [5, 5.41) is 1.30. The third-order valence-electron chi connectivity index (χ3n) is 4.57. The molecule has 0 atom stereocenters. The van der Waals surface area contributed by atoms with Crippen molar-refractivity contribution < 1.29 is 0 Å². The van der Waals surface area contributed by atoms with Crippen LogP contribution in [0.5, 0.6) is 0 Å². The van der Waals surface area contributed by atoms with Gasteiger partial charge in [-0.05, 0) is 46.0 Å². The van der Waals surface area contributed by atoms with Crippen LogP contribution in [-0.4, -0.2) is 21.0 Å². The van der Waals surface area contributed by atoms with Crippen molar-refractivity contribution in [2.45, 2.75) is 59.2 Å². The van der Waals surface area contributed by atoms with Crippen LogP contribution in [0.4, 0.5) is 5.69 Å². The summed E-state index contributed by atoms with van der Waals surface area (Å²) < 4.78 is 5.07. The van der Waals surface area contributed by atoms with E-state index in [1.165, 1.54) is 16.3 Å². The third kappa shape index (κ3) is 5.80. The molecule has 2 rings (SSSR count). The lowest BCUT2D eigenvalue weighted by Crippen LogP contribution is -2.24. The Morgan fingerprint density at radius 3 is 2.04 bits per heavy atom. The average Bonchev–Trinajstić information content (AvgIpc) is 2.59. The molecule has 0 aliphatic heterocycles. The van der Waals surface area contributed by atoms with E-state index in [1.807, 2.05) is 18.3 Å². The Balaban J connectivity index is 2.61. The van der Waals surface area contributed by atoms with Crippen LogP contribution in [0.1, 0.15) is 56.4 Å². The predicted octanol–water partition coefficient (Wildman–Crippen LogP) is 7.46. The van der Waals surface area contributed by atoms with Gasteiger partial charge in [0.1, 0.15) is 0 Å². The first-order valence-electron chi connectivity index (χ1n) is 9.61. The van der Waals surface area contributed by atoms with Crippen molar-refractivity contribution >= 4 is 37.9 Å². The molecule has 0 saturated heterocycles. The maximum Gasteiger partial charge on any atom is 0.262 e. The molecule has 0 radical (unpaired) electrons. The van der Waals surface area contributed by atoms with E-state index >= 15 is 0 Å². The maximum absolute atomic E-state index is 6.87. The second kappa shape index (κ2) is 9.22. The molecule has 0 bridgehead atoms. The van der Waals surface area contributed by atoms with E-state index in [4.69, 9.17) is 15.7 Å². The van der Waals surface area contributed by atoms with Crippen LogP contribution >= 0.6 is 11.1 Å². The molecule has 0 saturated carbocycles. The van der Waals surface area contributed by atoms with Crippen LogP contribution in [0.15, 0.2) is 52.9 Å². The zero-order chi connectivity index (χ0) is 20.2. The van der Waals surface area contributed by atoms with Crippen molar-refractivity contribution in [3.63, 3.8) is 0 Å². The van der Waals surface area contributed by atoms with E-state index in [-0.39, 0.29) is 0 Å². The number of rotatable bonds is 6. The lowest BCUT2D eigenvalue weighted by atomic mass is 9.93. The first-order valence-corrected chi connectivity index (χ1v) is 15.7. The Hall–Kier alpha value is -1.37. The van der Waals surface area contributed by atoms with Crippen molar-refractivity contribution in [3.8, 4) is 0 Å². The summed E-state index contributed by atoms with van der Waals surface area (Å²) in [6.45, 7) is 15.9. The van der Waals surface area contributed by atoms with Gasteiger partial charge in [0.05, 0.1) is 19.5 Å². The normalized spacial score (nSPS) is 13.6. The van der Waals surface area contributed by atoms with Gasteiger partial charge in [0.15, 0.2) is 0 Å². The highest BCUT2D eigenvalue weighted by Crippen LogP contribution is 2.35. The van der Waals surface area contributed by atoms with Gasteiger partial charge in [-0.3, -0.25) is 9.62 Å². The lowest BCUT2D eigenvalue weighted by Gasteiger charge is -2.21. The number of aromatic nitrogens is 1. The molecule has 0 aliphatic carbocycles. The molecule has 0 unspecified atom stereocenters. The Labute approximate surface area is 171 Å². The maximum atomic E-state index is 6.87. The standard InChI is InChI=1S/C22H31ClN2Si2/c1-16(2)18-11-10-12-19(17(3)4)22(18)25-26(23)15-21(27(5,6)7)20-13-8-9-14-24-20/h8-17H,1-7H3/b21-15-,26-25?. The second-order valence-electron chi connectivity index (χ2n) is 8.55. The fourth-order valence-corrected chi connectivity index (χ4v) is 7.93. The summed E-state index contributed by atoms with van der Waals surface area (Å²) in [5.74, 6) is 0.843. The minimum absolute atomic E-state index is 0.421. The Morgan fingerprint density at radius 1 is 1.00 bits per heavy atom. The van der Waals surface area contributed by atoms with Gasteiger partial charge in [-0.25, -0.2) is 0 Å². The molecule has 0 amide bonds. The van der Waals surface area contributed by atoms with E-state index in [1.54, 1.807) is 0 Å². The van der Waals surface area contributed by atoms with Gasteiger partial charge < -0.3 is 0 Å².